The first-order valence-corrected chi connectivity index (χ1v) is 6.32. The molecule has 1 aliphatic rings. The van der Waals surface area contributed by atoms with Crippen molar-refractivity contribution in [1.29, 1.82) is 0 Å². The van der Waals surface area contributed by atoms with Gasteiger partial charge in [0.05, 0.1) is 11.3 Å². The van der Waals surface area contributed by atoms with E-state index >= 15 is 0 Å². The minimum Gasteiger partial charge on any atom is -0.370 e. The summed E-state index contributed by atoms with van der Waals surface area (Å²) in [7, 11) is 0. The van der Waals surface area contributed by atoms with E-state index in [4.69, 9.17) is 17.3 Å². The number of rotatable bonds is 5. The van der Waals surface area contributed by atoms with Gasteiger partial charge in [-0.15, -0.1) is 0 Å². The van der Waals surface area contributed by atoms with E-state index in [0.717, 1.165) is 0 Å². The fourth-order valence-electron chi connectivity index (χ4n) is 2.06. The lowest BCUT2D eigenvalue weighted by molar-refractivity contribution is -0.118. The molecular weight excluding hydrogens is 268 g/mol. The summed E-state index contributed by atoms with van der Waals surface area (Å²) in [4.78, 5) is 35.6. The Kier molecular flexibility index (Phi) is 3.85. The number of Topliss-reactive ketones (excluding diaryl/α,β-unsaturated/α-hetero) is 1. The van der Waals surface area contributed by atoms with Crippen LogP contribution in [0.4, 0.5) is 5.69 Å². The molecule has 1 aliphatic heterocycles. The molecule has 2 rings (SSSR count). The fourth-order valence-corrected chi connectivity index (χ4v) is 2.22. The maximum absolute atomic E-state index is 11.8. The molecule has 2 N–H and O–H groups in total. The zero-order valence-electron chi connectivity index (χ0n) is 10.2. The summed E-state index contributed by atoms with van der Waals surface area (Å²) in [6, 6.07) is 4.75. The number of carbonyl (C=O) groups is 3. The van der Waals surface area contributed by atoms with Gasteiger partial charge in [0, 0.05) is 18.0 Å². The van der Waals surface area contributed by atoms with Gasteiger partial charge in [-0.05, 0) is 31.0 Å². The van der Waals surface area contributed by atoms with Gasteiger partial charge in [0.15, 0.2) is 0 Å². The topological polar surface area (TPSA) is 80.5 Å². The molecule has 0 unspecified atom stereocenters. The predicted octanol–water partition coefficient (Wildman–Crippen LogP) is 1.52. The Morgan fingerprint density at radius 1 is 1.26 bits per heavy atom. The normalized spacial score (nSPS) is 13.8. The number of nitrogens with two attached hydrogens (primary N) is 1. The number of halogens is 1. The number of primary amides is 1. The molecule has 0 spiro atoms. The van der Waals surface area contributed by atoms with Crippen molar-refractivity contribution in [2.45, 2.75) is 19.3 Å². The molecule has 0 saturated heterocycles. The molecule has 0 atom stereocenters. The van der Waals surface area contributed by atoms with Crippen LogP contribution in [-0.2, 0) is 9.59 Å². The Morgan fingerprint density at radius 3 is 2.68 bits per heavy atom. The number of hydrogen-bond donors (Lipinski definition) is 1. The molecule has 1 heterocycles. The van der Waals surface area contributed by atoms with Crippen LogP contribution in [0, 0.1) is 0 Å². The molecule has 100 valence electrons. The van der Waals surface area contributed by atoms with E-state index in [0.29, 0.717) is 35.7 Å². The van der Waals surface area contributed by atoms with Crippen LogP contribution in [0.25, 0.3) is 0 Å². The maximum Gasteiger partial charge on any atom is 0.299 e. The third kappa shape index (κ3) is 2.76. The van der Waals surface area contributed by atoms with E-state index < -0.39 is 11.7 Å². The first-order valence-electron chi connectivity index (χ1n) is 5.95. The number of nitrogens with zero attached hydrogens (tertiary/aromatic N) is 1. The van der Waals surface area contributed by atoms with Crippen LogP contribution in [-0.4, -0.2) is 24.1 Å². The number of amides is 2. The number of carbonyl (C=O) groups excluding carboxylic acids is 3. The van der Waals surface area contributed by atoms with Gasteiger partial charge in [-0.3, -0.25) is 14.4 Å². The van der Waals surface area contributed by atoms with Crippen molar-refractivity contribution in [2.24, 2.45) is 5.73 Å². The van der Waals surface area contributed by atoms with E-state index in [1.54, 1.807) is 18.2 Å². The largest absolute Gasteiger partial charge is 0.370 e. The highest BCUT2D eigenvalue weighted by atomic mass is 35.5. The van der Waals surface area contributed by atoms with Gasteiger partial charge in [-0.25, -0.2) is 0 Å². The molecule has 6 heteroatoms. The number of fused-ring (bicyclic) bond motifs is 1. The zero-order chi connectivity index (χ0) is 14.0. The quantitative estimate of drug-likeness (QED) is 0.656. The molecule has 0 bridgehead atoms. The summed E-state index contributed by atoms with van der Waals surface area (Å²) in [6.07, 6.45) is 1.47. The van der Waals surface area contributed by atoms with Crippen molar-refractivity contribution < 1.29 is 14.4 Å². The Hall–Kier alpha value is -1.88. The van der Waals surface area contributed by atoms with Crippen molar-refractivity contribution in [2.75, 3.05) is 11.4 Å². The maximum atomic E-state index is 11.8. The Labute approximate surface area is 115 Å². The van der Waals surface area contributed by atoms with Crippen LogP contribution in [0.2, 0.25) is 5.02 Å². The second-order valence-electron chi connectivity index (χ2n) is 4.37. The second kappa shape index (κ2) is 5.40. The number of benzene rings is 1. The van der Waals surface area contributed by atoms with Crippen LogP contribution in [0.1, 0.15) is 29.6 Å². The van der Waals surface area contributed by atoms with Gasteiger partial charge in [-0.2, -0.15) is 0 Å². The van der Waals surface area contributed by atoms with Gasteiger partial charge in [-0.1, -0.05) is 11.6 Å². The zero-order valence-corrected chi connectivity index (χ0v) is 10.9. The molecule has 0 aliphatic carbocycles. The fraction of sp³-hybridized carbons (Fsp3) is 0.308. The molecule has 5 nitrogen and oxygen atoms in total. The minimum atomic E-state index is -0.545. The third-order valence-electron chi connectivity index (χ3n) is 2.99. The molecule has 0 saturated carbocycles. The monoisotopic (exact) mass is 280 g/mol. The second-order valence-corrected chi connectivity index (χ2v) is 4.81. The van der Waals surface area contributed by atoms with Crippen molar-refractivity contribution in [3.8, 4) is 0 Å². The highest BCUT2D eigenvalue weighted by Crippen LogP contribution is 2.31. The number of hydrogen-bond acceptors (Lipinski definition) is 3. The molecule has 0 aromatic heterocycles. The highest BCUT2D eigenvalue weighted by Gasteiger charge is 2.35. The Bertz CT molecular complexity index is 557. The number of anilines is 1. The summed E-state index contributed by atoms with van der Waals surface area (Å²) < 4.78 is 0. The first-order chi connectivity index (χ1) is 9.00. The molecule has 1 aromatic carbocycles. The van der Waals surface area contributed by atoms with E-state index in [1.165, 1.54) is 4.90 Å². The number of unbranched alkanes of at least 4 members (excludes halogenated alkanes) is 1. The summed E-state index contributed by atoms with van der Waals surface area (Å²) in [5.41, 5.74) is 5.96. The third-order valence-corrected chi connectivity index (χ3v) is 3.22. The summed E-state index contributed by atoms with van der Waals surface area (Å²) >= 11 is 5.88. The van der Waals surface area contributed by atoms with Crippen LogP contribution >= 0.6 is 11.6 Å². The van der Waals surface area contributed by atoms with E-state index in [-0.39, 0.29) is 12.3 Å². The first kappa shape index (κ1) is 13.5. The summed E-state index contributed by atoms with van der Waals surface area (Å²) in [5, 5.41) is 0.475. The summed E-state index contributed by atoms with van der Waals surface area (Å²) in [5.74, 6) is -1.43. The van der Waals surface area contributed by atoms with Gasteiger partial charge in [0.1, 0.15) is 0 Å². The standard InChI is InChI=1S/C13H13ClN2O3/c14-8-4-5-9-10(7-8)16(13(19)12(9)18)6-2-1-3-11(15)17/h4-5,7H,1-3,6H2,(H2,15,17). The van der Waals surface area contributed by atoms with Crippen LogP contribution in [0.5, 0.6) is 0 Å². The Morgan fingerprint density at radius 2 is 2.00 bits per heavy atom. The lowest BCUT2D eigenvalue weighted by Crippen LogP contribution is -2.30. The highest BCUT2D eigenvalue weighted by molar-refractivity contribution is 6.52. The predicted molar refractivity (Wildman–Crippen MR) is 71.2 cm³/mol. The molecule has 1 aromatic rings. The molecule has 0 radical (unpaired) electrons. The van der Waals surface area contributed by atoms with Crippen molar-refractivity contribution in [3.05, 3.63) is 28.8 Å². The lowest BCUT2D eigenvalue weighted by Gasteiger charge is -2.16. The van der Waals surface area contributed by atoms with E-state index in [2.05, 4.69) is 0 Å². The van der Waals surface area contributed by atoms with Crippen molar-refractivity contribution in [3.63, 3.8) is 0 Å². The molecule has 19 heavy (non-hydrogen) atoms. The smallest absolute Gasteiger partial charge is 0.299 e. The molecular formula is C13H13ClN2O3. The SMILES string of the molecule is NC(=O)CCCCN1C(=O)C(=O)c2ccc(Cl)cc21. The Balaban J connectivity index is 2.10. The van der Waals surface area contributed by atoms with Gasteiger partial charge < -0.3 is 10.6 Å². The minimum absolute atomic E-state index is 0.276. The molecule has 0 fully saturated rings. The van der Waals surface area contributed by atoms with Crippen LogP contribution in [0.15, 0.2) is 18.2 Å². The van der Waals surface area contributed by atoms with Crippen molar-refractivity contribution in [1.82, 2.24) is 0 Å². The lowest BCUT2D eigenvalue weighted by atomic mass is 10.1. The van der Waals surface area contributed by atoms with Crippen molar-refractivity contribution >= 4 is 34.9 Å². The van der Waals surface area contributed by atoms with E-state index in [1.807, 2.05) is 0 Å². The van der Waals surface area contributed by atoms with Gasteiger partial charge >= 0.3 is 0 Å². The molecule has 2 amide bonds. The van der Waals surface area contributed by atoms with Gasteiger partial charge in [0.25, 0.3) is 11.7 Å². The number of ketones is 1. The average molecular weight is 281 g/mol. The van der Waals surface area contributed by atoms with Crippen LogP contribution < -0.4 is 10.6 Å². The van der Waals surface area contributed by atoms with E-state index in [9.17, 15) is 14.4 Å². The summed E-state index contributed by atoms with van der Waals surface area (Å²) in [6.45, 7) is 0.380. The average Bonchev–Trinajstić information content (AvgIpc) is 2.58. The van der Waals surface area contributed by atoms with Crippen LogP contribution in [0.3, 0.4) is 0 Å². The van der Waals surface area contributed by atoms with Gasteiger partial charge in [0.2, 0.25) is 5.91 Å².